The third-order valence-corrected chi connectivity index (χ3v) is 6.24. The van der Waals surface area contributed by atoms with Gasteiger partial charge in [0.2, 0.25) is 0 Å². The first-order valence-corrected chi connectivity index (χ1v) is 10.7. The van der Waals surface area contributed by atoms with E-state index >= 15 is 0 Å². The predicted octanol–water partition coefficient (Wildman–Crippen LogP) is 3.73. The molecule has 0 aliphatic carbocycles. The number of aryl methyl sites for hydroxylation is 1. The Kier molecular flexibility index (Phi) is 7.17. The van der Waals surface area contributed by atoms with Gasteiger partial charge in [0.1, 0.15) is 5.69 Å². The van der Waals surface area contributed by atoms with Crippen LogP contribution in [-0.4, -0.2) is 50.8 Å². The lowest BCUT2D eigenvalue weighted by molar-refractivity contribution is 0.249. The van der Waals surface area contributed by atoms with Crippen LogP contribution in [0.15, 0.2) is 42.9 Å². The maximum Gasteiger partial charge on any atom is 0.155 e. The van der Waals surface area contributed by atoms with Crippen molar-refractivity contribution in [3.05, 3.63) is 59.7 Å². The summed E-state index contributed by atoms with van der Waals surface area (Å²) < 4.78 is 1.93. The Hall–Kier alpha value is -2.95. The highest BCUT2D eigenvalue weighted by atomic mass is 35.5. The predicted molar refractivity (Wildman–Crippen MR) is 129 cm³/mol. The SMILES string of the molecule is Cc1c(CN2CCN(c3nccnc3-c3ccc(C(C)(C)C#N)cc3)CC2)cnn1C.Cl. The van der Waals surface area contributed by atoms with Crippen LogP contribution in [0.25, 0.3) is 11.3 Å². The van der Waals surface area contributed by atoms with Gasteiger partial charge >= 0.3 is 0 Å². The van der Waals surface area contributed by atoms with Crippen LogP contribution in [0.5, 0.6) is 0 Å². The molecular weight excluding hydrogens is 422 g/mol. The van der Waals surface area contributed by atoms with Crippen LogP contribution in [0.4, 0.5) is 5.82 Å². The van der Waals surface area contributed by atoms with E-state index in [0.29, 0.717) is 0 Å². The van der Waals surface area contributed by atoms with Crippen molar-refractivity contribution in [1.82, 2.24) is 24.6 Å². The Morgan fingerprint density at radius 2 is 1.69 bits per heavy atom. The minimum absolute atomic E-state index is 0. The summed E-state index contributed by atoms with van der Waals surface area (Å²) in [5.41, 5.74) is 4.92. The van der Waals surface area contributed by atoms with Crippen molar-refractivity contribution in [3.63, 3.8) is 0 Å². The van der Waals surface area contributed by atoms with Crippen molar-refractivity contribution < 1.29 is 0 Å². The first-order valence-electron chi connectivity index (χ1n) is 10.7. The molecule has 1 fully saturated rings. The summed E-state index contributed by atoms with van der Waals surface area (Å²) in [6.45, 7) is 10.7. The molecule has 0 saturated carbocycles. The summed E-state index contributed by atoms with van der Waals surface area (Å²) in [4.78, 5) is 14.1. The standard InChI is InChI=1S/C24H29N7.ClH/c1-18-20(15-28-29(18)4)16-30-11-13-31(14-12-30)23-22(26-9-10-27-23)19-5-7-21(8-6-19)24(2,3)17-25;/h5-10,15H,11-14,16H2,1-4H3;1H. The molecule has 1 aliphatic rings. The molecule has 8 heteroatoms. The van der Waals surface area contributed by atoms with Crippen molar-refractivity contribution in [2.24, 2.45) is 7.05 Å². The lowest BCUT2D eigenvalue weighted by Crippen LogP contribution is -2.46. The van der Waals surface area contributed by atoms with Crippen molar-refractivity contribution in [2.75, 3.05) is 31.1 Å². The maximum atomic E-state index is 9.39. The normalized spacial score (nSPS) is 14.7. The highest BCUT2D eigenvalue weighted by molar-refractivity contribution is 5.85. The van der Waals surface area contributed by atoms with E-state index in [1.54, 1.807) is 12.4 Å². The van der Waals surface area contributed by atoms with Gasteiger partial charge in [-0.3, -0.25) is 14.6 Å². The summed E-state index contributed by atoms with van der Waals surface area (Å²) in [6.07, 6.45) is 5.48. The second kappa shape index (κ2) is 9.68. The number of nitriles is 1. The molecule has 1 aromatic carbocycles. The molecule has 0 unspecified atom stereocenters. The van der Waals surface area contributed by atoms with E-state index in [-0.39, 0.29) is 12.4 Å². The molecule has 0 amide bonds. The van der Waals surface area contributed by atoms with E-state index in [0.717, 1.165) is 55.4 Å². The molecule has 2 aromatic heterocycles. The van der Waals surface area contributed by atoms with Crippen molar-refractivity contribution in [2.45, 2.75) is 32.7 Å². The zero-order chi connectivity index (χ0) is 22.0. The summed E-state index contributed by atoms with van der Waals surface area (Å²) in [5, 5.41) is 13.8. The minimum atomic E-state index is -0.507. The van der Waals surface area contributed by atoms with Gasteiger partial charge in [-0.1, -0.05) is 24.3 Å². The molecule has 168 valence electrons. The van der Waals surface area contributed by atoms with Gasteiger partial charge < -0.3 is 4.90 Å². The fraction of sp³-hybridized carbons (Fsp3) is 0.417. The van der Waals surface area contributed by atoms with Gasteiger partial charge in [-0.2, -0.15) is 10.4 Å². The molecule has 0 spiro atoms. The molecular formula is C24H30ClN7. The smallest absolute Gasteiger partial charge is 0.155 e. The van der Waals surface area contributed by atoms with E-state index in [9.17, 15) is 5.26 Å². The molecule has 0 atom stereocenters. The Balaban J connectivity index is 0.00000289. The monoisotopic (exact) mass is 451 g/mol. The van der Waals surface area contributed by atoms with Gasteiger partial charge in [-0.25, -0.2) is 4.98 Å². The first-order chi connectivity index (χ1) is 14.9. The molecule has 1 aliphatic heterocycles. The van der Waals surface area contributed by atoms with Gasteiger partial charge in [-0.05, 0) is 26.3 Å². The highest BCUT2D eigenvalue weighted by Gasteiger charge is 2.23. The Morgan fingerprint density at radius 1 is 1.03 bits per heavy atom. The molecule has 3 aromatic rings. The number of nitrogens with zero attached hydrogens (tertiary/aromatic N) is 7. The molecule has 0 N–H and O–H groups in total. The van der Waals surface area contributed by atoms with Gasteiger partial charge in [0.15, 0.2) is 5.82 Å². The quantitative estimate of drug-likeness (QED) is 0.588. The summed E-state index contributed by atoms with van der Waals surface area (Å²) >= 11 is 0. The van der Waals surface area contributed by atoms with E-state index in [4.69, 9.17) is 0 Å². The van der Waals surface area contributed by atoms with Gasteiger partial charge in [0.05, 0.1) is 17.7 Å². The number of aromatic nitrogens is 4. The van der Waals surface area contributed by atoms with Crippen LogP contribution in [0.1, 0.15) is 30.7 Å². The Bertz CT molecular complexity index is 1090. The number of piperazine rings is 1. The van der Waals surface area contributed by atoms with E-state index in [1.165, 1.54) is 11.3 Å². The number of halogens is 1. The van der Waals surface area contributed by atoms with Crippen molar-refractivity contribution in [1.29, 1.82) is 5.26 Å². The number of rotatable bonds is 5. The number of anilines is 1. The number of hydrogen-bond donors (Lipinski definition) is 0. The average molecular weight is 452 g/mol. The van der Waals surface area contributed by atoms with Crippen LogP contribution >= 0.6 is 12.4 Å². The van der Waals surface area contributed by atoms with Crippen LogP contribution in [0, 0.1) is 18.3 Å². The first kappa shape index (κ1) is 23.7. The Labute approximate surface area is 196 Å². The van der Waals surface area contributed by atoms with Gasteiger partial charge in [-0.15, -0.1) is 12.4 Å². The molecule has 7 nitrogen and oxygen atoms in total. The van der Waals surface area contributed by atoms with Crippen molar-refractivity contribution in [3.8, 4) is 17.3 Å². The number of benzene rings is 1. The topological polar surface area (TPSA) is 73.9 Å². The van der Waals surface area contributed by atoms with Crippen molar-refractivity contribution >= 4 is 18.2 Å². The third kappa shape index (κ3) is 4.77. The van der Waals surface area contributed by atoms with Crippen LogP contribution in [0.2, 0.25) is 0 Å². The zero-order valence-electron chi connectivity index (χ0n) is 19.1. The molecule has 0 radical (unpaired) electrons. The molecule has 4 rings (SSSR count). The minimum Gasteiger partial charge on any atom is -0.352 e. The molecule has 3 heterocycles. The fourth-order valence-electron chi connectivity index (χ4n) is 3.93. The molecule has 0 bridgehead atoms. The van der Waals surface area contributed by atoms with E-state index in [1.807, 2.05) is 56.0 Å². The zero-order valence-corrected chi connectivity index (χ0v) is 19.9. The number of hydrogen-bond acceptors (Lipinski definition) is 6. The maximum absolute atomic E-state index is 9.39. The average Bonchev–Trinajstić information content (AvgIpc) is 3.12. The van der Waals surface area contributed by atoms with Gasteiger partial charge in [0.25, 0.3) is 0 Å². The largest absolute Gasteiger partial charge is 0.352 e. The lowest BCUT2D eigenvalue weighted by atomic mass is 9.86. The summed E-state index contributed by atoms with van der Waals surface area (Å²) in [6, 6.07) is 10.5. The molecule has 32 heavy (non-hydrogen) atoms. The highest BCUT2D eigenvalue weighted by Crippen LogP contribution is 2.30. The van der Waals surface area contributed by atoms with Crippen LogP contribution in [0.3, 0.4) is 0 Å². The van der Waals surface area contributed by atoms with Crippen LogP contribution in [-0.2, 0) is 19.0 Å². The lowest BCUT2D eigenvalue weighted by Gasteiger charge is -2.35. The van der Waals surface area contributed by atoms with E-state index in [2.05, 4.69) is 37.9 Å². The second-order valence-corrected chi connectivity index (χ2v) is 8.68. The molecule has 1 saturated heterocycles. The Morgan fingerprint density at radius 3 is 2.28 bits per heavy atom. The van der Waals surface area contributed by atoms with Crippen LogP contribution < -0.4 is 4.90 Å². The third-order valence-electron chi connectivity index (χ3n) is 6.24. The fourth-order valence-corrected chi connectivity index (χ4v) is 3.93. The summed E-state index contributed by atoms with van der Waals surface area (Å²) in [5.74, 6) is 0.923. The summed E-state index contributed by atoms with van der Waals surface area (Å²) in [7, 11) is 1.99. The van der Waals surface area contributed by atoms with Gasteiger partial charge in [0, 0.05) is 69.0 Å². The van der Waals surface area contributed by atoms with E-state index < -0.39 is 5.41 Å². The second-order valence-electron chi connectivity index (χ2n) is 8.68.